The maximum atomic E-state index is 11.6. The summed E-state index contributed by atoms with van der Waals surface area (Å²) >= 11 is 12.4. The topological polar surface area (TPSA) is 91.3 Å². The maximum Gasteiger partial charge on any atom is 0.282 e. The van der Waals surface area contributed by atoms with Crippen molar-refractivity contribution in [3.63, 3.8) is 0 Å². The Morgan fingerprint density at radius 2 is 1.94 bits per heavy atom. The summed E-state index contributed by atoms with van der Waals surface area (Å²) in [7, 11) is 0. The summed E-state index contributed by atoms with van der Waals surface area (Å²) in [6, 6.07) is 13.5. The first-order valence-corrected chi connectivity index (χ1v) is 9.81. The summed E-state index contributed by atoms with van der Waals surface area (Å²) < 4.78 is 12.4. The zero-order chi connectivity index (χ0) is 21.5. The first-order chi connectivity index (χ1) is 15.0. The van der Waals surface area contributed by atoms with Crippen LogP contribution in [0.5, 0.6) is 11.5 Å². The highest BCUT2D eigenvalue weighted by Gasteiger charge is 2.23. The van der Waals surface area contributed by atoms with Crippen LogP contribution >= 0.6 is 23.2 Å². The van der Waals surface area contributed by atoms with E-state index in [9.17, 15) is 10.1 Å². The molecule has 3 heterocycles. The Morgan fingerprint density at radius 1 is 1.13 bits per heavy atom. The van der Waals surface area contributed by atoms with E-state index in [4.69, 9.17) is 32.7 Å². The molecule has 0 unspecified atom stereocenters. The van der Waals surface area contributed by atoms with Gasteiger partial charge in [0.15, 0.2) is 17.3 Å². The minimum atomic E-state index is -0.491. The fourth-order valence-corrected chi connectivity index (χ4v) is 3.81. The molecular weight excluding hydrogens is 443 g/mol. The van der Waals surface area contributed by atoms with E-state index >= 15 is 0 Å². The number of fused-ring (bicyclic) bond motifs is 2. The van der Waals surface area contributed by atoms with Crippen molar-refractivity contribution in [3.05, 3.63) is 80.5 Å². The van der Waals surface area contributed by atoms with Crippen LogP contribution in [0, 0.1) is 10.1 Å². The number of benzene rings is 2. The molecule has 0 radical (unpaired) electrons. The molecule has 2 aromatic carbocycles. The molecule has 0 atom stereocenters. The molecule has 10 heteroatoms. The van der Waals surface area contributed by atoms with E-state index in [0.29, 0.717) is 44.3 Å². The minimum absolute atomic E-state index is 0.0135. The standard InChI is InChI=1S/C21H12Cl2N4O4/c22-13-4-5-14(15(23)8-13)20-21(26-6-2-1-3-19(26)25-20)24-10-12-7-17-18(31-11-30-17)9-16(12)27(28)29/h1-10H,11H2. The largest absolute Gasteiger partial charge is 0.454 e. The highest BCUT2D eigenvalue weighted by molar-refractivity contribution is 6.36. The van der Waals surface area contributed by atoms with Gasteiger partial charge in [-0.25, -0.2) is 9.98 Å². The molecule has 2 aromatic heterocycles. The van der Waals surface area contributed by atoms with Crippen LogP contribution in [0.2, 0.25) is 10.0 Å². The smallest absolute Gasteiger partial charge is 0.282 e. The third kappa shape index (κ3) is 3.45. The van der Waals surface area contributed by atoms with Gasteiger partial charge in [0.05, 0.1) is 21.6 Å². The van der Waals surface area contributed by atoms with Gasteiger partial charge in [0.2, 0.25) is 6.79 Å². The van der Waals surface area contributed by atoms with Crippen molar-refractivity contribution in [1.29, 1.82) is 0 Å². The number of aromatic nitrogens is 2. The van der Waals surface area contributed by atoms with Crippen LogP contribution in [0.1, 0.15) is 5.56 Å². The van der Waals surface area contributed by atoms with Gasteiger partial charge in [-0.3, -0.25) is 14.5 Å². The van der Waals surface area contributed by atoms with Crippen LogP contribution in [0.15, 0.2) is 59.7 Å². The highest BCUT2D eigenvalue weighted by Crippen LogP contribution is 2.39. The van der Waals surface area contributed by atoms with E-state index in [2.05, 4.69) is 9.98 Å². The number of ether oxygens (including phenoxy) is 2. The molecule has 0 aliphatic carbocycles. The van der Waals surface area contributed by atoms with E-state index in [-0.39, 0.29) is 18.0 Å². The monoisotopic (exact) mass is 454 g/mol. The van der Waals surface area contributed by atoms with E-state index in [1.54, 1.807) is 28.8 Å². The van der Waals surface area contributed by atoms with Crippen LogP contribution in [-0.2, 0) is 0 Å². The van der Waals surface area contributed by atoms with Gasteiger partial charge in [0.25, 0.3) is 5.69 Å². The van der Waals surface area contributed by atoms with Crippen LogP contribution in [0.4, 0.5) is 11.5 Å². The SMILES string of the molecule is O=[N+]([O-])c1cc2c(cc1C=Nc1c(-c3ccc(Cl)cc3Cl)nc3ccccn13)OCO2. The predicted molar refractivity (Wildman–Crippen MR) is 117 cm³/mol. The van der Waals surface area contributed by atoms with Gasteiger partial charge < -0.3 is 9.47 Å². The third-order valence-electron chi connectivity index (χ3n) is 4.74. The number of hydrogen-bond acceptors (Lipinski definition) is 6. The Balaban J connectivity index is 1.68. The molecule has 0 bridgehead atoms. The molecule has 5 rings (SSSR count). The number of nitrogens with zero attached hydrogens (tertiary/aromatic N) is 4. The Hall–Kier alpha value is -3.62. The van der Waals surface area contributed by atoms with Gasteiger partial charge in [-0.1, -0.05) is 29.3 Å². The molecule has 8 nitrogen and oxygen atoms in total. The molecule has 1 aliphatic rings. The quantitative estimate of drug-likeness (QED) is 0.224. The van der Waals surface area contributed by atoms with E-state index in [1.807, 2.05) is 18.2 Å². The summed E-state index contributed by atoms with van der Waals surface area (Å²) in [6.07, 6.45) is 3.21. The lowest BCUT2D eigenvalue weighted by Crippen LogP contribution is -1.95. The zero-order valence-corrected chi connectivity index (χ0v) is 17.2. The van der Waals surface area contributed by atoms with Crippen LogP contribution in [0.25, 0.3) is 16.9 Å². The van der Waals surface area contributed by atoms with Gasteiger partial charge in [-0.15, -0.1) is 0 Å². The summed E-state index contributed by atoms with van der Waals surface area (Å²) in [4.78, 5) is 20.3. The van der Waals surface area contributed by atoms with E-state index in [0.717, 1.165) is 0 Å². The molecule has 0 amide bonds. The van der Waals surface area contributed by atoms with Crippen molar-refractivity contribution in [2.45, 2.75) is 0 Å². The Bertz CT molecular complexity index is 1380. The Labute approximate surface area is 185 Å². The van der Waals surface area contributed by atoms with Gasteiger partial charge in [-0.05, 0) is 36.4 Å². The molecule has 0 saturated heterocycles. The van der Waals surface area contributed by atoms with E-state index in [1.165, 1.54) is 18.3 Å². The molecule has 154 valence electrons. The molecule has 0 saturated carbocycles. The molecule has 0 spiro atoms. The second-order valence-corrected chi connectivity index (χ2v) is 7.46. The number of imidazole rings is 1. The molecular formula is C21H12Cl2N4O4. The number of pyridine rings is 1. The normalized spacial score (nSPS) is 12.7. The van der Waals surface area contributed by atoms with Gasteiger partial charge in [0, 0.05) is 23.0 Å². The number of hydrogen-bond donors (Lipinski definition) is 0. The van der Waals surface area contributed by atoms with Crippen LogP contribution in [0.3, 0.4) is 0 Å². The third-order valence-corrected chi connectivity index (χ3v) is 5.28. The van der Waals surface area contributed by atoms with Crippen LogP contribution in [-0.4, -0.2) is 27.3 Å². The lowest BCUT2D eigenvalue weighted by molar-refractivity contribution is -0.385. The minimum Gasteiger partial charge on any atom is -0.454 e. The summed E-state index contributed by atoms with van der Waals surface area (Å²) in [5.74, 6) is 1.21. The number of nitro groups is 1. The predicted octanol–water partition coefficient (Wildman–Crippen LogP) is 5.70. The molecule has 0 N–H and O–H groups in total. The van der Waals surface area contributed by atoms with Gasteiger partial charge in [0.1, 0.15) is 11.3 Å². The van der Waals surface area contributed by atoms with Crippen molar-refractivity contribution in [1.82, 2.24) is 9.38 Å². The van der Waals surface area contributed by atoms with E-state index < -0.39 is 4.92 Å². The highest BCUT2D eigenvalue weighted by atomic mass is 35.5. The number of nitro benzene ring substituents is 1. The summed E-state index contributed by atoms with van der Waals surface area (Å²) in [6.45, 7) is 0.0135. The second-order valence-electron chi connectivity index (χ2n) is 6.62. The average molecular weight is 455 g/mol. The lowest BCUT2D eigenvalue weighted by Gasteiger charge is -2.04. The first-order valence-electron chi connectivity index (χ1n) is 9.06. The summed E-state index contributed by atoms with van der Waals surface area (Å²) in [5, 5.41) is 12.5. The molecule has 0 fully saturated rings. The Morgan fingerprint density at radius 3 is 2.71 bits per heavy atom. The van der Waals surface area contributed by atoms with Gasteiger partial charge in [-0.2, -0.15) is 0 Å². The fraction of sp³-hybridized carbons (Fsp3) is 0.0476. The zero-order valence-electron chi connectivity index (χ0n) is 15.7. The number of rotatable bonds is 4. The van der Waals surface area contributed by atoms with Crippen LogP contribution < -0.4 is 9.47 Å². The van der Waals surface area contributed by atoms with Crippen molar-refractivity contribution >= 4 is 46.6 Å². The molecule has 4 aromatic rings. The summed E-state index contributed by atoms with van der Waals surface area (Å²) in [5.41, 5.74) is 1.94. The molecule has 31 heavy (non-hydrogen) atoms. The van der Waals surface area contributed by atoms with Crippen molar-refractivity contribution in [2.75, 3.05) is 6.79 Å². The lowest BCUT2D eigenvalue weighted by atomic mass is 10.1. The Kier molecular flexibility index (Phi) is 4.72. The van der Waals surface area contributed by atoms with Crippen molar-refractivity contribution in [3.8, 4) is 22.8 Å². The maximum absolute atomic E-state index is 11.6. The van der Waals surface area contributed by atoms with Crippen molar-refractivity contribution < 1.29 is 14.4 Å². The average Bonchev–Trinajstić information content (AvgIpc) is 3.35. The fourth-order valence-electron chi connectivity index (χ4n) is 3.31. The van der Waals surface area contributed by atoms with Crippen molar-refractivity contribution in [2.24, 2.45) is 4.99 Å². The first kappa shape index (κ1) is 19.3. The second kappa shape index (κ2) is 7.57. The number of aliphatic imine (C=N–C) groups is 1. The number of halogens is 2. The van der Waals surface area contributed by atoms with Gasteiger partial charge >= 0.3 is 0 Å². The molecule has 1 aliphatic heterocycles.